The van der Waals surface area contributed by atoms with Gasteiger partial charge in [0, 0.05) is 18.9 Å². The fourth-order valence-corrected chi connectivity index (χ4v) is 4.07. The van der Waals surface area contributed by atoms with Crippen LogP contribution in [0, 0.1) is 5.82 Å². The Morgan fingerprint density at radius 2 is 2.17 bits per heavy atom. The first-order chi connectivity index (χ1) is 11.0. The highest BCUT2D eigenvalue weighted by atomic mass is 35.5. The minimum Gasteiger partial charge on any atom is -0.472 e. The normalized spacial score (nSPS) is 19.0. The molecule has 2 heterocycles. The van der Waals surface area contributed by atoms with Crippen molar-refractivity contribution >= 4 is 21.6 Å². The molecule has 9 heteroatoms. The van der Waals surface area contributed by atoms with Crippen LogP contribution in [0.4, 0.5) is 4.39 Å². The highest BCUT2D eigenvalue weighted by Gasteiger charge is 2.34. The molecule has 1 fully saturated rings. The lowest BCUT2D eigenvalue weighted by atomic mass is 10.3. The molecular weight excluding hydrogens is 345 g/mol. The molecule has 0 radical (unpaired) electrons. The van der Waals surface area contributed by atoms with Crippen LogP contribution in [0.25, 0.3) is 0 Å². The molecule has 1 unspecified atom stereocenters. The van der Waals surface area contributed by atoms with E-state index in [9.17, 15) is 12.8 Å². The van der Waals surface area contributed by atoms with E-state index in [2.05, 4.69) is 9.97 Å². The van der Waals surface area contributed by atoms with E-state index in [1.807, 2.05) is 0 Å². The maximum absolute atomic E-state index is 13.2. The number of rotatable bonds is 4. The first-order valence-electron chi connectivity index (χ1n) is 6.85. The number of hydrogen-bond acceptors (Lipinski definition) is 5. The SMILES string of the molecule is O=S(=O)(c1ccc(F)c(Cl)c1)N1CCC(Oc2cnccn2)C1. The molecule has 1 aromatic carbocycles. The lowest BCUT2D eigenvalue weighted by Gasteiger charge is -2.17. The molecule has 0 spiro atoms. The fraction of sp³-hybridized carbons (Fsp3) is 0.286. The van der Waals surface area contributed by atoms with E-state index >= 15 is 0 Å². The van der Waals surface area contributed by atoms with Gasteiger partial charge in [-0.2, -0.15) is 4.31 Å². The third-order valence-corrected chi connectivity index (χ3v) is 5.61. The van der Waals surface area contributed by atoms with Gasteiger partial charge in [-0.25, -0.2) is 17.8 Å². The van der Waals surface area contributed by atoms with Crippen molar-refractivity contribution in [3.05, 3.63) is 47.6 Å². The molecule has 3 rings (SSSR count). The number of halogens is 2. The molecule has 0 bridgehead atoms. The largest absolute Gasteiger partial charge is 0.472 e. The van der Waals surface area contributed by atoms with Gasteiger partial charge in [0.2, 0.25) is 15.9 Å². The van der Waals surface area contributed by atoms with Gasteiger partial charge in [-0.05, 0) is 24.6 Å². The first-order valence-corrected chi connectivity index (χ1v) is 8.66. The smallest absolute Gasteiger partial charge is 0.243 e. The summed E-state index contributed by atoms with van der Waals surface area (Å²) in [5, 5.41) is -0.224. The van der Waals surface area contributed by atoms with Crippen molar-refractivity contribution < 1.29 is 17.5 Å². The van der Waals surface area contributed by atoms with Gasteiger partial charge in [-0.15, -0.1) is 0 Å². The van der Waals surface area contributed by atoms with Gasteiger partial charge < -0.3 is 4.74 Å². The van der Waals surface area contributed by atoms with Crippen molar-refractivity contribution in [2.24, 2.45) is 0 Å². The van der Waals surface area contributed by atoms with E-state index in [4.69, 9.17) is 16.3 Å². The highest BCUT2D eigenvalue weighted by Crippen LogP contribution is 2.26. The summed E-state index contributed by atoms with van der Waals surface area (Å²) in [6.07, 6.45) is 4.72. The van der Waals surface area contributed by atoms with Crippen LogP contribution in [0.3, 0.4) is 0 Å². The van der Waals surface area contributed by atoms with Gasteiger partial charge in [0.25, 0.3) is 0 Å². The molecule has 1 atom stereocenters. The van der Waals surface area contributed by atoms with E-state index in [1.54, 1.807) is 0 Å². The molecule has 2 aromatic rings. The van der Waals surface area contributed by atoms with E-state index in [0.29, 0.717) is 18.8 Å². The monoisotopic (exact) mass is 357 g/mol. The Morgan fingerprint density at radius 3 is 2.87 bits per heavy atom. The first kappa shape index (κ1) is 16.1. The Morgan fingerprint density at radius 1 is 1.35 bits per heavy atom. The minimum absolute atomic E-state index is 0.0379. The van der Waals surface area contributed by atoms with Crippen molar-refractivity contribution in [1.29, 1.82) is 0 Å². The van der Waals surface area contributed by atoms with Crippen LogP contribution in [0.5, 0.6) is 5.88 Å². The summed E-state index contributed by atoms with van der Waals surface area (Å²) in [4.78, 5) is 7.85. The van der Waals surface area contributed by atoms with E-state index in [0.717, 1.165) is 12.1 Å². The minimum atomic E-state index is -3.74. The van der Waals surface area contributed by atoms with Crippen LogP contribution in [0.15, 0.2) is 41.7 Å². The Hall–Kier alpha value is -1.77. The number of ether oxygens (including phenoxy) is 1. The van der Waals surface area contributed by atoms with Gasteiger partial charge in [0.1, 0.15) is 11.9 Å². The highest BCUT2D eigenvalue weighted by molar-refractivity contribution is 7.89. The molecule has 0 N–H and O–H groups in total. The zero-order valence-corrected chi connectivity index (χ0v) is 13.5. The van der Waals surface area contributed by atoms with Gasteiger partial charge >= 0.3 is 0 Å². The lowest BCUT2D eigenvalue weighted by Crippen LogP contribution is -2.31. The van der Waals surface area contributed by atoms with Crippen LogP contribution in [-0.4, -0.2) is 41.9 Å². The number of hydrogen-bond donors (Lipinski definition) is 0. The van der Waals surface area contributed by atoms with E-state index in [-0.39, 0.29) is 22.6 Å². The predicted octanol–water partition coefficient (Wildman–Crippen LogP) is 2.11. The molecule has 122 valence electrons. The molecule has 1 aromatic heterocycles. The Bertz CT molecular complexity index is 804. The van der Waals surface area contributed by atoms with Crippen molar-refractivity contribution in [1.82, 2.24) is 14.3 Å². The summed E-state index contributed by atoms with van der Waals surface area (Å²) >= 11 is 5.66. The van der Waals surface area contributed by atoms with Gasteiger partial charge in [-0.1, -0.05) is 11.6 Å². The summed E-state index contributed by atoms with van der Waals surface area (Å²) in [5.41, 5.74) is 0. The van der Waals surface area contributed by atoms with Crippen molar-refractivity contribution in [3.8, 4) is 5.88 Å². The molecule has 23 heavy (non-hydrogen) atoms. The molecule has 0 amide bonds. The summed E-state index contributed by atoms with van der Waals surface area (Å²) in [7, 11) is -3.74. The van der Waals surface area contributed by atoms with Crippen LogP contribution >= 0.6 is 11.6 Å². The summed E-state index contributed by atoms with van der Waals surface area (Å²) in [5.74, 6) is -0.308. The zero-order valence-electron chi connectivity index (χ0n) is 11.9. The second-order valence-corrected chi connectivity index (χ2v) is 7.36. The predicted molar refractivity (Wildman–Crippen MR) is 81.2 cm³/mol. The van der Waals surface area contributed by atoms with Crippen LogP contribution < -0.4 is 4.74 Å². The third kappa shape index (κ3) is 3.44. The van der Waals surface area contributed by atoms with Crippen LogP contribution in [0.1, 0.15) is 6.42 Å². The quantitative estimate of drug-likeness (QED) is 0.838. The molecule has 0 saturated carbocycles. The number of benzene rings is 1. The maximum atomic E-state index is 13.2. The maximum Gasteiger partial charge on any atom is 0.243 e. The fourth-order valence-electron chi connectivity index (χ4n) is 2.32. The van der Waals surface area contributed by atoms with E-state index < -0.39 is 15.8 Å². The summed E-state index contributed by atoms with van der Waals surface area (Å²) in [6.45, 7) is 0.496. The van der Waals surface area contributed by atoms with Gasteiger partial charge in [0.05, 0.1) is 22.7 Å². The summed E-state index contributed by atoms with van der Waals surface area (Å²) < 4.78 is 45.2. The van der Waals surface area contributed by atoms with Gasteiger partial charge in [-0.3, -0.25) is 4.98 Å². The van der Waals surface area contributed by atoms with E-state index in [1.165, 1.54) is 29.0 Å². The average molecular weight is 358 g/mol. The van der Waals surface area contributed by atoms with Crippen LogP contribution in [0.2, 0.25) is 5.02 Å². The second-order valence-electron chi connectivity index (χ2n) is 5.01. The number of aromatic nitrogens is 2. The Kier molecular flexibility index (Phi) is 4.47. The van der Waals surface area contributed by atoms with Crippen LogP contribution in [-0.2, 0) is 10.0 Å². The Labute approximate surface area is 137 Å². The second kappa shape index (κ2) is 6.38. The third-order valence-electron chi connectivity index (χ3n) is 3.46. The molecular formula is C14H13ClFN3O3S. The number of nitrogens with zero attached hydrogens (tertiary/aromatic N) is 3. The lowest BCUT2D eigenvalue weighted by molar-refractivity contribution is 0.206. The molecule has 1 aliphatic heterocycles. The van der Waals surface area contributed by atoms with Gasteiger partial charge in [0.15, 0.2) is 0 Å². The standard InChI is InChI=1S/C14H13ClFN3O3S/c15-12-7-11(1-2-13(12)16)23(20,21)19-6-3-10(9-19)22-14-8-17-4-5-18-14/h1-2,4-5,7-8,10H,3,6,9H2. The average Bonchev–Trinajstić information content (AvgIpc) is 3.00. The van der Waals surface area contributed by atoms with Crippen molar-refractivity contribution in [3.63, 3.8) is 0 Å². The molecule has 1 aliphatic rings. The Balaban J connectivity index is 1.73. The topological polar surface area (TPSA) is 72.4 Å². The zero-order chi connectivity index (χ0) is 16.4. The van der Waals surface area contributed by atoms with Crippen molar-refractivity contribution in [2.45, 2.75) is 17.4 Å². The number of sulfonamides is 1. The molecule has 1 saturated heterocycles. The molecule has 0 aliphatic carbocycles. The van der Waals surface area contributed by atoms with Crippen molar-refractivity contribution in [2.75, 3.05) is 13.1 Å². The summed E-state index contributed by atoms with van der Waals surface area (Å²) in [6, 6.07) is 3.36. The molecule has 6 nitrogen and oxygen atoms in total.